The van der Waals surface area contributed by atoms with Crippen molar-refractivity contribution >= 4 is 57.8 Å². The van der Waals surface area contributed by atoms with Gasteiger partial charge >= 0.3 is 5.97 Å². The first-order chi connectivity index (χ1) is 16.8. The quantitative estimate of drug-likeness (QED) is 0.106. The molecule has 1 aliphatic heterocycles. The van der Waals surface area contributed by atoms with Gasteiger partial charge in [0.2, 0.25) is 5.90 Å². The van der Waals surface area contributed by atoms with Gasteiger partial charge in [0.15, 0.2) is 17.2 Å². The van der Waals surface area contributed by atoms with E-state index in [1.54, 1.807) is 25.1 Å². The molecule has 3 aromatic carbocycles. The Morgan fingerprint density at radius 2 is 1.94 bits per heavy atom. The van der Waals surface area contributed by atoms with E-state index < -0.39 is 10.9 Å². The molecule has 0 fully saturated rings. The third-order valence-electron chi connectivity index (χ3n) is 5.20. The molecule has 3 aromatic rings. The molecule has 0 radical (unpaired) electrons. The van der Waals surface area contributed by atoms with E-state index in [-0.39, 0.29) is 17.3 Å². The number of nitro benzene ring substituents is 1. The molecule has 1 aliphatic rings. The number of esters is 1. The number of halogens is 2. The van der Waals surface area contributed by atoms with Gasteiger partial charge in [-0.05, 0) is 77.0 Å². The molecular formula is C25H18ClIN2O6. The van der Waals surface area contributed by atoms with Crippen molar-refractivity contribution in [2.24, 2.45) is 4.99 Å². The van der Waals surface area contributed by atoms with Crippen molar-refractivity contribution < 1.29 is 23.9 Å². The third-order valence-corrected chi connectivity index (χ3v) is 6.20. The lowest BCUT2D eigenvalue weighted by Crippen LogP contribution is -2.08. The van der Waals surface area contributed by atoms with E-state index in [4.69, 9.17) is 25.8 Å². The molecule has 0 saturated carbocycles. The lowest BCUT2D eigenvalue weighted by molar-refractivity contribution is -0.385. The zero-order valence-corrected chi connectivity index (χ0v) is 21.5. The molecule has 0 amide bonds. The fraction of sp³-hybridized carbons (Fsp3) is 0.120. The van der Waals surface area contributed by atoms with Crippen molar-refractivity contribution in [3.05, 3.63) is 101 Å². The van der Waals surface area contributed by atoms with E-state index in [1.807, 2.05) is 24.3 Å². The second-order valence-electron chi connectivity index (χ2n) is 7.49. The summed E-state index contributed by atoms with van der Waals surface area (Å²) in [5, 5.41) is 11.5. The highest BCUT2D eigenvalue weighted by atomic mass is 127. The van der Waals surface area contributed by atoms with E-state index in [2.05, 4.69) is 27.6 Å². The highest BCUT2D eigenvalue weighted by molar-refractivity contribution is 14.1. The average molecular weight is 605 g/mol. The Balaban J connectivity index is 1.61. The molecule has 0 aliphatic carbocycles. The molecule has 10 heteroatoms. The largest absolute Gasteiger partial charge is 0.493 e. The zero-order chi connectivity index (χ0) is 25.1. The normalized spacial score (nSPS) is 14.0. The van der Waals surface area contributed by atoms with Gasteiger partial charge in [-0.3, -0.25) is 10.1 Å². The molecule has 0 bridgehead atoms. The second kappa shape index (κ2) is 10.4. The van der Waals surface area contributed by atoms with Crippen LogP contribution >= 0.6 is 34.2 Å². The van der Waals surface area contributed by atoms with Gasteiger partial charge in [-0.1, -0.05) is 29.8 Å². The van der Waals surface area contributed by atoms with Crippen LogP contribution in [0.3, 0.4) is 0 Å². The molecule has 4 rings (SSSR count). The number of ether oxygens (including phenoxy) is 3. The maximum Gasteiger partial charge on any atom is 0.363 e. The van der Waals surface area contributed by atoms with Crippen LogP contribution in [0.25, 0.3) is 6.08 Å². The van der Waals surface area contributed by atoms with Crippen LogP contribution < -0.4 is 9.47 Å². The molecule has 0 spiro atoms. The molecule has 0 aromatic heterocycles. The highest BCUT2D eigenvalue weighted by Gasteiger charge is 2.27. The minimum Gasteiger partial charge on any atom is -0.493 e. The number of carbonyl (C=O) groups is 1. The Bertz CT molecular complexity index is 1390. The van der Waals surface area contributed by atoms with Crippen molar-refractivity contribution in [1.82, 2.24) is 0 Å². The molecule has 0 atom stereocenters. The summed E-state index contributed by atoms with van der Waals surface area (Å²) in [6.45, 7) is 1.88. The van der Waals surface area contributed by atoms with Crippen molar-refractivity contribution in [3.63, 3.8) is 0 Å². The zero-order valence-electron chi connectivity index (χ0n) is 18.6. The van der Waals surface area contributed by atoms with Gasteiger partial charge in [0.25, 0.3) is 5.69 Å². The van der Waals surface area contributed by atoms with Gasteiger partial charge in [-0.2, -0.15) is 0 Å². The van der Waals surface area contributed by atoms with Gasteiger partial charge in [-0.15, -0.1) is 0 Å². The van der Waals surface area contributed by atoms with Gasteiger partial charge in [0, 0.05) is 20.8 Å². The summed E-state index contributed by atoms with van der Waals surface area (Å²) in [5.41, 5.74) is 2.17. The summed E-state index contributed by atoms with van der Waals surface area (Å²) in [4.78, 5) is 27.4. The Morgan fingerprint density at radius 3 is 2.63 bits per heavy atom. The molecule has 35 heavy (non-hydrogen) atoms. The van der Waals surface area contributed by atoms with Crippen LogP contribution in [0.2, 0.25) is 5.02 Å². The minimum absolute atomic E-state index is 0.00186. The molecule has 1 heterocycles. The Hall–Kier alpha value is -3.44. The van der Waals surface area contributed by atoms with E-state index >= 15 is 0 Å². The fourth-order valence-corrected chi connectivity index (χ4v) is 4.07. The summed E-state index contributed by atoms with van der Waals surface area (Å²) in [6, 6.07) is 15.7. The first-order valence-corrected chi connectivity index (χ1v) is 11.7. The number of benzene rings is 3. The number of nitrogens with zero attached hydrogens (tertiary/aromatic N) is 2. The van der Waals surface area contributed by atoms with Crippen LogP contribution in [0, 0.1) is 20.6 Å². The molecule has 8 nitrogen and oxygen atoms in total. The third kappa shape index (κ3) is 5.46. The first kappa shape index (κ1) is 24.7. The lowest BCUT2D eigenvalue weighted by Gasteiger charge is -2.13. The van der Waals surface area contributed by atoms with Crippen LogP contribution in [0.1, 0.15) is 22.3 Å². The van der Waals surface area contributed by atoms with Gasteiger partial charge in [0.1, 0.15) is 6.61 Å². The molecule has 0 saturated heterocycles. The lowest BCUT2D eigenvalue weighted by atomic mass is 10.1. The maximum atomic E-state index is 12.5. The number of cyclic esters (lactones) is 1. The van der Waals surface area contributed by atoms with Crippen LogP contribution in [-0.4, -0.2) is 23.9 Å². The monoisotopic (exact) mass is 604 g/mol. The summed E-state index contributed by atoms with van der Waals surface area (Å²) in [5.74, 6) is 0.0817. The van der Waals surface area contributed by atoms with Crippen LogP contribution in [0.4, 0.5) is 5.69 Å². The topological polar surface area (TPSA) is 100 Å². The van der Waals surface area contributed by atoms with E-state index in [0.717, 1.165) is 9.13 Å². The number of aliphatic imine (C=N–C) groups is 1. The van der Waals surface area contributed by atoms with E-state index in [0.29, 0.717) is 39.8 Å². The Labute approximate surface area is 219 Å². The fourth-order valence-electron chi connectivity index (χ4n) is 3.43. The average Bonchev–Trinajstić information content (AvgIpc) is 3.18. The van der Waals surface area contributed by atoms with Crippen molar-refractivity contribution in [2.45, 2.75) is 13.5 Å². The van der Waals surface area contributed by atoms with Crippen molar-refractivity contribution in [1.29, 1.82) is 0 Å². The number of hydrogen-bond donors (Lipinski definition) is 0. The number of nitro groups is 1. The van der Waals surface area contributed by atoms with Crippen LogP contribution in [0.5, 0.6) is 11.5 Å². The van der Waals surface area contributed by atoms with Crippen LogP contribution in [0.15, 0.2) is 65.3 Å². The molecule has 178 valence electrons. The number of methoxy groups -OCH3 is 1. The van der Waals surface area contributed by atoms with Crippen molar-refractivity contribution in [2.75, 3.05) is 7.11 Å². The smallest absolute Gasteiger partial charge is 0.363 e. The van der Waals surface area contributed by atoms with E-state index in [9.17, 15) is 14.9 Å². The number of rotatable bonds is 7. The predicted molar refractivity (Wildman–Crippen MR) is 140 cm³/mol. The number of carbonyl (C=O) groups excluding carboxylic acids is 1. The highest BCUT2D eigenvalue weighted by Crippen LogP contribution is 2.38. The summed E-state index contributed by atoms with van der Waals surface area (Å²) < 4.78 is 17.8. The molecule has 0 N–H and O–H groups in total. The molecular weight excluding hydrogens is 587 g/mol. The maximum absolute atomic E-state index is 12.5. The number of hydrogen-bond acceptors (Lipinski definition) is 7. The summed E-state index contributed by atoms with van der Waals surface area (Å²) in [6.07, 6.45) is 1.50. The Morgan fingerprint density at radius 1 is 1.20 bits per heavy atom. The summed E-state index contributed by atoms with van der Waals surface area (Å²) >= 11 is 8.70. The van der Waals surface area contributed by atoms with Gasteiger partial charge < -0.3 is 14.2 Å². The predicted octanol–water partition coefficient (Wildman–Crippen LogP) is 6.09. The minimum atomic E-state index is -0.681. The van der Waals surface area contributed by atoms with Crippen molar-refractivity contribution in [3.8, 4) is 11.5 Å². The van der Waals surface area contributed by atoms with Gasteiger partial charge in [0.05, 0.1) is 17.1 Å². The second-order valence-corrected chi connectivity index (χ2v) is 9.14. The van der Waals surface area contributed by atoms with Gasteiger partial charge in [-0.25, -0.2) is 9.79 Å². The molecule has 0 unspecified atom stereocenters. The summed E-state index contributed by atoms with van der Waals surface area (Å²) in [7, 11) is 1.49. The van der Waals surface area contributed by atoms with Crippen LogP contribution in [-0.2, 0) is 16.1 Å². The van der Waals surface area contributed by atoms with E-state index in [1.165, 1.54) is 25.3 Å². The first-order valence-electron chi connectivity index (χ1n) is 10.3. The SMILES string of the molecule is COc1cc(/C=C2\N=C(c3cccc([N+](=O)[O-])c3C)OC2=O)cc(Cl)c1OCc1ccc(I)cc1. The Kier molecular flexibility index (Phi) is 7.37. The standard InChI is InChI=1S/C25H18ClIN2O6/c1-14-18(4-3-5-21(14)29(31)32)24-28-20(25(30)35-24)11-16-10-19(26)23(22(12-16)33-2)34-13-15-6-8-17(27)9-7-15/h3-12H,13H2,1-2H3/b20-11-.